The number of rotatable bonds is 4. The van der Waals surface area contributed by atoms with Crippen LogP contribution in [-0.4, -0.2) is 4.57 Å². The van der Waals surface area contributed by atoms with Crippen LogP contribution >= 0.6 is 0 Å². The maximum atomic E-state index is 12.7. The lowest BCUT2D eigenvalue weighted by atomic mass is 9.98. The van der Waals surface area contributed by atoms with Gasteiger partial charge in [-0.1, -0.05) is 31.2 Å². The van der Waals surface area contributed by atoms with Crippen molar-refractivity contribution in [3.8, 4) is 0 Å². The van der Waals surface area contributed by atoms with Gasteiger partial charge in [-0.05, 0) is 50.5 Å². The minimum Gasteiger partial charge on any atom is -0.320 e. The van der Waals surface area contributed by atoms with Crippen molar-refractivity contribution in [1.82, 2.24) is 4.57 Å². The van der Waals surface area contributed by atoms with Gasteiger partial charge in [0.15, 0.2) is 0 Å². The van der Waals surface area contributed by atoms with Crippen molar-refractivity contribution in [2.45, 2.75) is 46.2 Å². The van der Waals surface area contributed by atoms with E-state index >= 15 is 0 Å². The van der Waals surface area contributed by atoms with Gasteiger partial charge in [0.05, 0.1) is 6.04 Å². The van der Waals surface area contributed by atoms with Crippen molar-refractivity contribution in [3.63, 3.8) is 0 Å². The van der Waals surface area contributed by atoms with E-state index in [1.165, 1.54) is 5.56 Å². The fraction of sp³-hybridized carbons (Fsp3) is 0.389. The Bertz CT molecular complexity index is 669. The number of hydrogen-bond donors (Lipinski definition) is 1. The molecule has 0 saturated heterocycles. The van der Waals surface area contributed by atoms with Crippen molar-refractivity contribution in [1.29, 1.82) is 0 Å². The van der Waals surface area contributed by atoms with Crippen LogP contribution in [0.15, 0.2) is 41.2 Å². The third-order valence-electron chi connectivity index (χ3n) is 3.95. The summed E-state index contributed by atoms with van der Waals surface area (Å²) in [6, 6.07) is 11.8. The molecule has 0 amide bonds. The van der Waals surface area contributed by atoms with Crippen molar-refractivity contribution < 1.29 is 0 Å². The topological polar surface area (TPSA) is 48.0 Å². The van der Waals surface area contributed by atoms with Gasteiger partial charge in [0.2, 0.25) is 0 Å². The third kappa shape index (κ3) is 3.08. The van der Waals surface area contributed by atoms with E-state index in [2.05, 4.69) is 19.1 Å². The van der Waals surface area contributed by atoms with Crippen LogP contribution in [0.3, 0.4) is 0 Å². The molecule has 2 aromatic rings. The summed E-state index contributed by atoms with van der Waals surface area (Å²) < 4.78 is 1.80. The van der Waals surface area contributed by atoms with Gasteiger partial charge in [0, 0.05) is 17.3 Å². The van der Waals surface area contributed by atoms with Gasteiger partial charge in [-0.2, -0.15) is 0 Å². The van der Waals surface area contributed by atoms with Crippen molar-refractivity contribution in [2.24, 2.45) is 5.73 Å². The molecule has 0 bridgehead atoms. The van der Waals surface area contributed by atoms with Gasteiger partial charge in [0.1, 0.15) is 0 Å². The van der Waals surface area contributed by atoms with E-state index in [-0.39, 0.29) is 17.6 Å². The van der Waals surface area contributed by atoms with Crippen LogP contribution in [0.4, 0.5) is 0 Å². The minimum absolute atomic E-state index is 0.0112. The molecule has 2 N–H and O–H groups in total. The molecule has 3 heteroatoms. The van der Waals surface area contributed by atoms with Gasteiger partial charge in [-0.3, -0.25) is 4.79 Å². The summed E-state index contributed by atoms with van der Waals surface area (Å²) in [5.74, 6) is 0. The van der Waals surface area contributed by atoms with Crippen molar-refractivity contribution in [2.75, 3.05) is 0 Å². The van der Waals surface area contributed by atoms with Crippen molar-refractivity contribution in [3.05, 3.63) is 69.1 Å². The fourth-order valence-electron chi connectivity index (χ4n) is 2.68. The van der Waals surface area contributed by atoms with Crippen LogP contribution < -0.4 is 11.3 Å². The number of nitrogens with zero attached hydrogens (tertiary/aromatic N) is 1. The smallest absolute Gasteiger partial charge is 0.256 e. The highest BCUT2D eigenvalue weighted by Crippen LogP contribution is 2.19. The molecule has 0 saturated carbocycles. The average molecular weight is 284 g/mol. The summed E-state index contributed by atoms with van der Waals surface area (Å²) in [5.41, 5.74) is 10.2. The summed E-state index contributed by atoms with van der Waals surface area (Å²) >= 11 is 0. The highest BCUT2D eigenvalue weighted by Gasteiger charge is 2.16. The highest BCUT2D eigenvalue weighted by molar-refractivity contribution is 5.33. The second kappa shape index (κ2) is 6.27. The largest absolute Gasteiger partial charge is 0.320 e. The zero-order valence-corrected chi connectivity index (χ0v) is 13.3. The average Bonchev–Trinajstić information content (AvgIpc) is 2.46. The number of benzene rings is 1. The molecule has 0 fully saturated rings. The molecule has 1 heterocycles. The summed E-state index contributed by atoms with van der Waals surface area (Å²) in [4.78, 5) is 12.7. The van der Waals surface area contributed by atoms with E-state index in [0.717, 1.165) is 17.7 Å². The Labute approximate surface area is 126 Å². The minimum atomic E-state index is -0.381. The predicted molar refractivity (Wildman–Crippen MR) is 87.7 cm³/mol. The van der Waals surface area contributed by atoms with E-state index < -0.39 is 0 Å². The first kappa shape index (κ1) is 15.5. The van der Waals surface area contributed by atoms with E-state index in [1.807, 2.05) is 45.0 Å². The Morgan fingerprint density at radius 1 is 1.10 bits per heavy atom. The summed E-state index contributed by atoms with van der Waals surface area (Å²) in [7, 11) is 0. The first-order chi connectivity index (χ1) is 9.95. The molecule has 0 aliphatic rings. The van der Waals surface area contributed by atoms with E-state index in [1.54, 1.807) is 4.57 Å². The molecule has 112 valence electrons. The maximum Gasteiger partial charge on any atom is 0.256 e. The Morgan fingerprint density at radius 2 is 1.71 bits per heavy atom. The molecule has 0 radical (unpaired) electrons. The van der Waals surface area contributed by atoms with Gasteiger partial charge >= 0.3 is 0 Å². The quantitative estimate of drug-likeness (QED) is 0.936. The molecule has 2 rings (SSSR count). The molecule has 1 atom stereocenters. The number of hydrogen-bond acceptors (Lipinski definition) is 2. The SMILES string of the molecule is CCc1ccc(C(N)c2ccc(C)n(C(C)C)c2=O)cc1. The predicted octanol–water partition coefficient (Wildman–Crippen LogP) is 3.35. The second-order valence-electron chi connectivity index (χ2n) is 5.77. The Balaban J connectivity index is 2.45. The molecule has 1 aromatic heterocycles. The highest BCUT2D eigenvalue weighted by atomic mass is 16.1. The van der Waals surface area contributed by atoms with Crippen LogP contribution in [-0.2, 0) is 6.42 Å². The molecule has 0 spiro atoms. The van der Waals surface area contributed by atoms with Gasteiger partial charge in [-0.15, -0.1) is 0 Å². The van der Waals surface area contributed by atoms with Crippen molar-refractivity contribution >= 4 is 0 Å². The molecule has 0 aliphatic heterocycles. The van der Waals surface area contributed by atoms with Crippen LogP contribution in [0.5, 0.6) is 0 Å². The zero-order chi connectivity index (χ0) is 15.6. The standard InChI is InChI=1S/C18H24N2O/c1-5-14-7-9-15(10-8-14)17(19)16-11-6-13(4)20(12(2)3)18(16)21/h6-12,17H,5,19H2,1-4H3. The number of pyridine rings is 1. The Morgan fingerprint density at radius 3 is 2.24 bits per heavy atom. The van der Waals surface area contributed by atoms with Gasteiger partial charge in [-0.25, -0.2) is 0 Å². The lowest BCUT2D eigenvalue weighted by Crippen LogP contribution is -2.31. The first-order valence-corrected chi connectivity index (χ1v) is 7.52. The first-order valence-electron chi connectivity index (χ1n) is 7.52. The molecular weight excluding hydrogens is 260 g/mol. The number of aryl methyl sites for hydroxylation is 2. The molecule has 0 aliphatic carbocycles. The van der Waals surface area contributed by atoms with Crippen LogP contribution in [0.2, 0.25) is 0 Å². The molecule has 1 unspecified atom stereocenters. The fourth-order valence-corrected chi connectivity index (χ4v) is 2.68. The summed E-state index contributed by atoms with van der Waals surface area (Å²) in [6.45, 7) is 8.10. The van der Waals surface area contributed by atoms with E-state index in [4.69, 9.17) is 5.73 Å². The van der Waals surface area contributed by atoms with Gasteiger partial charge in [0.25, 0.3) is 5.56 Å². The maximum absolute atomic E-state index is 12.7. The molecule has 3 nitrogen and oxygen atoms in total. The zero-order valence-electron chi connectivity index (χ0n) is 13.3. The van der Waals surface area contributed by atoms with E-state index in [9.17, 15) is 4.79 Å². The Hall–Kier alpha value is -1.87. The summed E-state index contributed by atoms with van der Waals surface area (Å²) in [6.07, 6.45) is 1.00. The van der Waals surface area contributed by atoms with Gasteiger partial charge < -0.3 is 10.3 Å². The van der Waals surface area contributed by atoms with Crippen LogP contribution in [0, 0.1) is 6.92 Å². The molecule has 1 aromatic carbocycles. The molecule has 21 heavy (non-hydrogen) atoms. The van der Waals surface area contributed by atoms with Crippen LogP contribution in [0.25, 0.3) is 0 Å². The lowest BCUT2D eigenvalue weighted by Gasteiger charge is -2.18. The Kier molecular flexibility index (Phi) is 4.63. The third-order valence-corrected chi connectivity index (χ3v) is 3.95. The second-order valence-corrected chi connectivity index (χ2v) is 5.77. The number of aromatic nitrogens is 1. The number of nitrogens with two attached hydrogens (primary N) is 1. The molecular formula is C18H24N2O. The summed E-state index contributed by atoms with van der Waals surface area (Å²) in [5, 5.41) is 0. The normalized spacial score (nSPS) is 12.7. The lowest BCUT2D eigenvalue weighted by molar-refractivity contribution is 0.555. The van der Waals surface area contributed by atoms with Crippen LogP contribution in [0.1, 0.15) is 55.2 Å². The van der Waals surface area contributed by atoms with E-state index in [0.29, 0.717) is 5.56 Å². The monoisotopic (exact) mass is 284 g/mol.